The van der Waals surface area contributed by atoms with Gasteiger partial charge in [0.25, 0.3) is 0 Å². The first-order valence-electron chi connectivity index (χ1n) is 4.74. The maximum absolute atomic E-state index is 5.11. The molecule has 16 heavy (non-hydrogen) atoms. The maximum Gasteiger partial charge on any atom is 0.308 e. The molecule has 0 aliphatic heterocycles. The molecular formula is C11H14IN3O. The number of ether oxygens (including phenoxy) is 1. The standard InChI is InChI=1S/C11H14N3O.HI/c1-13-8-14(2)12-11(13)9-4-6-10(15-3)7-5-9;/h4-8H,1-3H3;1H/q+1;/p-1. The van der Waals surface area contributed by atoms with Gasteiger partial charge in [-0.25, -0.2) is 4.57 Å². The van der Waals surface area contributed by atoms with E-state index in [1.165, 1.54) is 0 Å². The van der Waals surface area contributed by atoms with E-state index in [1.54, 1.807) is 11.8 Å². The summed E-state index contributed by atoms with van der Waals surface area (Å²) in [5, 5.41) is 4.37. The van der Waals surface area contributed by atoms with Gasteiger partial charge in [0.1, 0.15) is 5.75 Å². The Kier molecular flexibility index (Phi) is 4.28. The number of rotatable bonds is 2. The fraction of sp³-hybridized carbons (Fsp3) is 0.273. The van der Waals surface area contributed by atoms with Crippen molar-refractivity contribution in [3.63, 3.8) is 0 Å². The minimum absolute atomic E-state index is 0. The van der Waals surface area contributed by atoms with Crippen LogP contribution in [0.2, 0.25) is 0 Å². The smallest absolute Gasteiger partial charge is 0.308 e. The topological polar surface area (TPSA) is 30.9 Å². The molecule has 0 radical (unpaired) electrons. The van der Waals surface area contributed by atoms with Crippen molar-refractivity contribution in [3.8, 4) is 17.1 Å². The highest BCUT2D eigenvalue weighted by Gasteiger charge is 2.13. The van der Waals surface area contributed by atoms with E-state index in [1.807, 2.05) is 49.3 Å². The van der Waals surface area contributed by atoms with Gasteiger partial charge < -0.3 is 28.7 Å². The molecule has 86 valence electrons. The average molecular weight is 331 g/mol. The Morgan fingerprint density at radius 1 is 1.25 bits per heavy atom. The van der Waals surface area contributed by atoms with Gasteiger partial charge in [0.2, 0.25) is 6.33 Å². The van der Waals surface area contributed by atoms with Crippen LogP contribution in [0.1, 0.15) is 0 Å². The molecule has 4 nitrogen and oxygen atoms in total. The van der Waals surface area contributed by atoms with Crippen LogP contribution < -0.4 is 33.3 Å². The summed E-state index contributed by atoms with van der Waals surface area (Å²) < 4.78 is 8.89. The molecule has 0 fully saturated rings. The van der Waals surface area contributed by atoms with Crippen LogP contribution in [0.3, 0.4) is 0 Å². The zero-order valence-electron chi connectivity index (χ0n) is 9.51. The number of hydrogen-bond acceptors (Lipinski definition) is 2. The third-order valence-electron chi connectivity index (χ3n) is 2.28. The second-order valence-electron chi connectivity index (χ2n) is 3.45. The first kappa shape index (κ1) is 13.0. The van der Waals surface area contributed by atoms with Crippen LogP contribution in [0.4, 0.5) is 0 Å². The maximum atomic E-state index is 5.11. The molecule has 0 saturated heterocycles. The van der Waals surface area contributed by atoms with E-state index >= 15 is 0 Å². The molecule has 0 atom stereocenters. The summed E-state index contributed by atoms with van der Waals surface area (Å²) in [5.74, 6) is 1.80. The molecule has 1 heterocycles. The van der Waals surface area contributed by atoms with Crippen LogP contribution in [0.15, 0.2) is 30.6 Å². The van der Waals surface area contributed by atoms with Crippen molar-refractivity contribution >= 4 is 0 Å². The second kappa shape index (κ2) is 5.29. The van der Waals surface area contributed by atoms with Crippen LogP contribution >= 0.6 is 0 Å². The fourth-order valence-electron chi connectivity index (χ4n) is 1.55. The molecular weight excluding hydrogens is 317 g/mol. The normalized spacial score (nSPS) is 9.69. The van der Waals surface area contributed by atoms with E-state index < -0.39 is 0 Å². The number of hydrogen-bond donors (Lipinski definition) is 0. The summed E-state index contributed by atoms with van der Waals surface area (Å²) in [6.45, 7) is 0. The molecule has 0 amide bonds. The first-order chi connectivity index (χ1) is 7.20. The predicted octanol–water partition coefficient (Wildman–Crippen LogP) is -2.08. The Morgan fingerprint density at radius 2 is 1.88 bits per heavy atom. The number of aryl methyl sites for hydroxylation is 2. The van der Waals surface area contributed by atoms with Gasteiger partial charge in [-0.3, -0.25) is 0 Å². The quantitative estimate of drug-likeness (QED) is 0.468. The molecule has 0 N–H and O–H groups in total. The van der Waals surface area contributed by atoms with Gasteiger partial charge in [-0.2, -0.15) is 0 Å². The third kappa shape index (κ3) is 2.52. The number of nitrogens with zero attached hydrogens (tertiary/aromatic N) is 3. The van der Waals surface area contributed by atoms with Crippen LogP contribution in [0.25, 0.3) is 11.4 Å². The van der Waals surface area contributed by atoms with Gasteiger partial charge in [0.15, 0.2) is 0 Å². The lowest BCUT2D eigenvalue weighted by molar-refractivity contribution is -0.661. The molecule has 0 saturated carbocycles. The van der Waals surface area contributed by atoms with E-state index in [0.29, 0.717) is 0 Å². The van der Waals surface area contributed by atoms with Crippen LogP contribution in [-0.4, -0.2) is 16.9 Å². The molecule has 0 aliphatic rings. The van der Waals surface area contributed by atoms with E-state index in [4.69, 9.17) is 4.74 Å². The van der Waals surface area contributed by atoms with Crippen molar-refractivity contribution in [1.29, 1.82) is 0 Å². The zero-order valence-corrected chi connectivity index (χ0v) is 11.7. The van der Waals surface area contributed by atoms with Gasteiger partial charge in [-0.05, 0) is 24.3 Å². The summed E-state index contributed by atoms with van der Waals surface area (Å²) in [6, 6.07) is 7.87. The Labute approximate surface area is 112 Å². The van der Waals surface area contributed by atoms with Crippen LogP contribution in [0, 0.1) is 0 Å². The van der Waals surface area contributed by atoms with Gasteiger partial charge in [0, 0.05) is 5.10 Å². The molecule has 0 spiro atoms. The highest BCUT2D eigenvalue weighted by molar-refractivity contribution is 5.53. The SMILES string of the molecule is COc1ccc(-c2nn(C)c[n+]2C)cc1.[I-]. The molecule has 2 rings (SSSR count). The Bertz CT molecular complexity index is 465. The monoisotopic (exact) mass is 331 g/mol. The van der Waals surface area contributed by atoms with Crippen LogP contribution in [0.5, 0.6) is 5.75 Å². The summed E-state index contributed by atoms with van der Waals surface area (Å²) >= 11 is 0. The Hall–Kier alpha value is -1.11. The van der Waals surface area contributed by atoms with Gasteiger partial charge >= 0.3 is 5.82 Å². The van der Waals surface area contributed by atoms with Crippen molar-refractivity contribution in [2.45, 2.75) is 0 Å². The lowest BCUT2D eigenvalue weighted by Crippen LogP contribution is -3.00. The fourth-order valence-corrected chi connectivity index (χ4v) is 1.55. The largest absolute Gasteiger partial charge is 1.00 e. The molecule has 5 heteroatoms. The number of halogens is 1. The third-order valence-corrected chi connectivity index (χ3v) is 2.28. The first-order valence-corrected chi connectivity index (χ1v) is 4.74. The van der Waals surface area contributed by atoms with E-state index in [-0.39, 0.29) is 24.0 Å². The molecule has 2 aromatic rings. The summed E-state index contributed by atoms with van der Waals surface area (Å²) in [5.41, 5.74) is 1.08. The minimum atomic E-state index is 0. The van der Waals surface area contributed by atoms with Crippen molar-refractivity contribution < 1.29 is 33.3 Å². The lowest BCUT2D eigenvalue weighted by Gasteiger charge is -1.98. The Morgan fingerprint density at radius 3 is 2.31 bits per heavy atom. The number of benzene rings is 1. The molecule has 0 aliphatic carbocycles. The summed E-state index contributed by atoms with van der Waals surface area (Å²) in [7, 11) is 5.55. The van der Waals surface area contributed by atoms with Crippen molar-refractivity contribution in [2.24, 2.45) is 14.1 Å². The molecule has 0 unspecified atom stereocenters. The van der Waals surface area contributed by atoms with E-state index in [9.17, 15) is 0 Å². The predicted molar refractivity (Wildman–Crippen MR) is 56.4 cm³/mol. The average Bonchev–Trinajstić information content (AvgIpc) is 2.58. The highest BCUT2D eigenvalue weighted by atomic mass is 127. The van der Waals surface area contributed by atoms with Crippen molar-refractivity contribution in [2.75, 3.05) is 7.11 Å². The molecule has 0 bridgehead atoms. The number of methoxy groups -OCH3 is 1. The Balaban J connectivity index is 0.00000128. The zero-order chi connectivity index (χ0) is 10.8. The van der Waals surface area contributed by atoms with Crippen LogP contribution in [-0.2, 0) is 14.1 Å². The van der Waals surface area contributed by atoms with Gasteiger partial charge in [-0.1, -0.05) is 0 Å². The minimum Gasteiger partial charge on any atom is -1.00 e. The number of aromatic nitrogens is 3. The lowest BCUT2D eigenvalue weighted by atomic mass is 10.2. The van der Waals surface area contributed by atoms with Crippen molar-refractivity contribution in [3.05, 3.63) is 30.6 Å². The molecule has 1 aromatic heterocycles. The second-order valence-corrected chi connectivity index (χ2v) is 3.45. The van der Waals surface area contributed by atoms with Gasteiger partial charge in [-0.15, -0.1) is 4.68 Å². The molecule has 1 aromatic carbocycles. The highest BCUT2D eigenvalue weighted by Crippen LogP contribution is 2.17. The van der Waals surface area contributed by atoms with Gasteiger partial charge in [0.05, 0.1) is 26.8 Å². The summed E-state index contributed by atoms with van der Waals surface area (Å²) in [4.78, 5) is 0. The van der Waals surface area contributed by atoms with E-state index in [2.05, 4.69) is 5.10 Å². The summed E-state index contributed by atoms with van der Waals surface area (Å²) in [6.07, 6.45) is 1.93. The van der Waals surface area contributed by atoms with E-state index in [0.717, 1.165) is 17.1 Å². The van der Waals surface area contributed by atoms with Crippen molar-refractivity contribution in [1.82, 2.24) is 9.78 Å².